The largest absolute Gasteiger partial charge is 0.445 e. The SMILES string of the molecule is CN1CCN(c2ccc(C(=O)Nc3cc4nc(-c5nnc(C(F)(F)F)s5)ccc4cn3)cn2)CC1. The van der Waals surface area contributed by atoms with Gasteiger partial charge in [-0.3, -0.25) is 4.79 Å². The third-order valence-electron chi connectivity index (χ3n) is 5.54. The normalized spacial score (nSPS) is 14.9. The maximum atomic E-state index is 12.8. The lowest BCUT2D eigenvalue weighted by atomic mass is 10.2. The molecular weight excluding hydrogens is 481 g/mol. The van der Waals surface area contributed by atoms with Gasteiger partial charge in [0.2, 0.25) is 5.01 Å². The molecule has 1 aliphatic heterocycles. The Labute approximate surface area is 201 Å². The van der Waals surface area contributed by atoms with E-state index in [0.717, 1.165) is 32.0 Å². The number of aromatic nitrogens is 5. The number of alkyl halides is 3. The molecule has 13 heteroatoms. The molecular formula is C22H19F3N8OS. The standard InChI is InChI=1S/C22H19F3N8OS/c1-32-6-8-33(9-7-32)18-5-3-14(12-27-18)19(34)29-17-10-16-13(11-26-17)2-4-15(28-16)20-30-31-21(35-20)22(23,24)25/h2-5,10-12H,6-9H2,1H3,(H,26,29,34). The van der Waals surface area contributed by atoms with Gasteiger partial charge in [0.25, 0.3) is 5.91 Å². The maximum absolute atomic E-state index is 12.8. The number of piperazine rings is 1. The van der Waals surface area contributed by atoms with Crippen LogP contribution in [0.1, 0.15) is 15.4 Å². The van der Waals surface area contributed by atoms with E-state index in [1.807, 2.05) is 6.07 Å². The lowest BCUT2D eigenvalue weighted by molar-refractivity contribution is -0.138. The van der Waals surface area contributed by atoms with Crippen LogP contribution >= 0.6 is 11.3 Å². The van der Waals surface area contributed by atoms with Crippen LogP contribution in [0.25, 0.3) is 21.6 Å². The second kappa shape index (κ2) is 9.15. The number of anilines is 2. The van der Waals surface area contributed by atoms with E-state index in [-0.39, 0.29) is 22.4 Å². The second-order valence-electron chi connectivity index (χ2n) is 8.02. The molecule has 180 valence electrons. The summed E-state index contributed by atoms with van der Waals surface area (Å²) in [6.07, 6.45) is -1.52. The number of hydrogen-bond donors (Lipinski definition) is 1. The van der Waals surface area contributed by atoms with Crippen LogP contribution in [0, 0.1) is 0 Å². The fraction of sp³-hybridized carbons (Fsp3) is 0.273. The zero-order chi connectivity index (χ0) is 24.6. The molecule has 0 aliphatic carbocycles. The Bertz CT molecular complexity index is 1370. The van der Waals surface area contributed by atoms with Crippen LogP contribution in [0.3, 0.4) is 0 Å². The Kier molecular flexibility index (Phi) is 6.03. The predicted molar refractivity (Wildman–Crippen MR) is 125 cm³/mol. The van der Waals surface area contributed by atoms with E-state index < -0.39 is 11.2 Å². The van der Waals surface area contributed by atoms with E-state index in [2.05, 4.69) is 47.3 Å². The molecule has 1 fully saturated rings. The Morgan fingerprint density at radius 1 is 1.03 bits per heavy atom. The van der Waals surface area contributed by atoms with Gasteiger partial charge in [0, 0.05) is 50.0 Å². The summed E-state index contributed by atoms with van der Waals surface area (Å²) in [5.74, 6) is 0.688. The number of nitrogens with one attached hydrogen (secondary N) is 1. The smallest absolute Gasteiger partial charge is 0.354 e. The van der Waals surface area contributed by atoms with Crippen molar-refractivity contribution in [3.05, 3.63) is 53.3 Å². The van der Waals surface area contributed by atoms with E-state index in [1.165, 1.54) is 12.4 Å². The first-order valence-corrected chi connectivity index (χ1v) is 11.5. The molecule has 1 saturated heterocycles. The molecule has 0 unspecified atom stereocenters. The van der Waals surface area contributed by atoms with Crippen molar-refractivity contribution < 1.29 is 18.0 Å². The summed E-state index contributed by atoms with van der Waals surface area (Å²) >= 11 is 0.417. The molecule has 1 N–H and O–H groups in total. The van der Waals surface area contributed by atoms with E-state index in [4.69, 9.17) is 0 Å². The number of hydrogen-bond acceptors (Lipinski definition) is 9. The lowest BCUT2D eigenvalue weighted by Crippen LogP contribution is -2.44. The van der Waals surface area contributed by atoms with Crippen molar-refractivity contribution in [2.45, 2.75) is 6.18 Å². The maximum Gasteiger partial charge on any atom is 0.445 e. The minimum atomic E-state index is -4.56. The van der Waals surface area contributed by atoms with E-state index in [0.29, 0.717) is 27.8 Å². The number of nitrogens with zero attached hydrogens (tertiary/aromatic N) is 7. The topological polar surface area (TPSA) is 100 Å². The van der Waals surface area contributed by atoms with Gasteiger partial charge in [0.15, 0.2) is 5.01 Å². The molecule has 4 aromatic rings. The van der Waals surface area contributed by atoms with Crippen molar-refractivity contribution >= 4 is 39.8 Å². The van der Waals surface area contributed by atoms with Gasteiger partial charge >= 0.3 is 6.18 Å². The molecule has 9 nitrogen and oxygen atoms in total. The molecule has 1 amide bonds. The second-order valence-corrected chi connectivity index (χ2v) is 9.00. The summed E-state index contributed by atoms with van der Waals surface area (Å²) in [5.41, 5.74) is 1.07. The van der Waals surface area contributed by atoms with Crippen LogP contribution in [-0.2, 0) is 6.18 Å². The van der Waals surface area contributed by atoms with Crippen molar-refractivity contribution in [2.24, 2.45) is 0 Å². The number of fused-ring (bicyclic) bond motifs is 1. The van der Waals surface area contributed by atoms with Gasteiger partial charge in [-0.15, -0.1) is 10.2 Å². The fourth-order valence-electron chi connectivity index (χ4n) is 3.58. The summed E-state index contributed by atoms with van der Waals surface area (Å²) in [6.45, 7) is 3.66. The summed E-state index contributed by atoms with van der Waals surface area (Å²) in [5, 5.41) is 9.18. The van der Waals surface area contributed by atoms with Crippen LogP contribution in [0.5, 0.6) is 0 Å². The molecule has 5 rings (SSSR count). The minimum Gasteiger partial charge on any atom is -0.354 e. The summed E-state index contributed by atoms with van der Waals surface area (Å²) in [6, 6.07) is 8.30. The third kappa shape index (κ3) is 5.05. The lowest BCUT2D eigenvalue weighted by Gasteiger charge is -2.33. The Hall–Kier alpha value is -3.71. The van der Waals surface area contributed by atoms with Gasteiger partial charge in [0.05, 0.1) is 11.1 Å². The van der Waals surface area contributed by atoms with E-state index in [9.17, 15) is 18.0 Å². The van der Waals surface area contributed by atoms with Crippen molar-refractivity contribution in [3.63, 3.8) is 0 Å². The molecule has 5 heterocycles. The highest BCUT2D eigenvalue weighted by Crippen LogP contribution is 2.34. The Morgan fingerprint density at radius 2 is 1.83 bits per heavy atom. The molecule has 1 aliphatic rings. The van der Waals surface area contributed by atoms with Crippen molar-refractivity contribution in [1.82, 2.24) is 30.0 Å². The van der Waals surface area contributed by atoms with Crippen LogP contribution < -0.4 is 10.2 Å². The monoisotopic (exact) mass is 500 g/mol. The van der Waals surface area contributed by atoms with Crippen LogP contribution in [-0.4, -0.2) is 69.2 Å². The number of carbonyl (C=O) groups is 1. The number of carbonyl (C=O) groups excluding carboxylic acids is 1. The molecule has 0 saturated carbocycles. The van der Waals surface area contributed by atoms with Gasteiger partial charge in [-0.1, -0.05) is 11.3 Å². The first-order chi connectivity index (χ1) is 16.8. The van der Waals surface area contributed by atoms with Gasteiger partial charge in [0.1, 0.15) is 17.3 Å². The van der Waals surface area contributed by atoms with Gasteiger partial charge in [-0.25, -0.2) is 15.0 Å². The molecule has 0 aromatic carbocycles. The highest BCUT2D eigenvalue weighted by Gasteiger charge is 2.35. The summed E-state index contributed by atoms with van der Waals surface area (Å²) in [7, 11) is 2.08. The Morgan fingerprint density at radius 3 is 2.51 bits per heavy atom. The quantitative estimate of drug-likeness (QED) is 0.454. The molecule has 4 aromatic heterocycles. The number of likely N-dealkylation sites (N-methyl/N-ethyl adjacent to an activating group) is 1. The number of halogens is 3. The van der Waals surface area contributed by atoms with Crippen molar-refractivity contribution in [1.29, 1.82) is 0 Å². The number of rotatable bonds is 4. The van der Waals surface area contributed by atoms with Crippen molar-refractivity contribution in [3.8, 4) is 10.7 Å². The average Bonchev–Trinajstić information content (AvgIpc) is 3.35. The summed E-state index contributed by atoms with van der Waals surface area (Å²) < 4.78 is 38.5. The van der Waals surface area contributed by atoms with Crippen LogP contribution in [0.2, 0.25) is 0 Å². The third-order valence-corrected chi connectivity index (χ3v) is 6.53. The van der Waals surface area contributed by atoms with E-state index >= 15 is 0 Å². The van der Waals surface area contributed by atoms with E-state index in [1.54, 1.807) is 24.3 Å². The minimum absolute atomic E-state index is 0.0492. The van der Waals surface area contributed by atoms with Crippen LogP contribution in [0.4, 0.5) is 24.8 Å². The molecule has 0 spiro atoms. The average molecular weight is 501 g/mol. The predicted octanol–water partition coefficient (Wildman–Crippen LogP) is 3.57. The number of pyridine rings is 3. The van der Waals surface area contributed by atoms with Gasteiger partial charge in [-0.2, -0.15) is 13.2 Å². The summed E-state index contributed by atoms with van der Waals surface area (Å²) in [4.78, 5) is 30.2. The molecule has 0 radical (unpaired) electrons. The highest BCUT2D eigenvalue weighted by atomic mass is 32.1. The zero-order valence-corrected chi connectivity index (χ0v) is 19.3. The van der Waals surface area contributed by atoms with Gasteiger partial charge in [-0.05, 0) is 31.3 Å². The van der Waals surface area contributed by atoms with Crippen LogP contribution in [0.15, 0.2) is 42.7 Å². The molecule has 35 heavy (non-hydrogen) atoms. The number of amides is 1. The van der Waals surface area contributed by atoms with Crippen molar-refractivity contribution in [2.75, 3.05) is 43.4 Å². The fourth-order valence-corrected chi connectivity index (χ4v) is 4.26. The molecule has 0 bridgehead atoms. The first-order valence-electron chi connectivity index (χ1n) is 10.6. The highest BCUT2D eigenvalue weighted by molar-refractivity contribution is 7.14. The first kappa shape index (κ1) is 23.1. The zero-order valence-electron chi connectivity index (χ0n) is 18.5. The van der Waals surface area contributed by atoms with Gasteiger partial charge < -0.3 is 15.1 Å². The molecule has 0 atom stereocenters. The Balaban J connectivity index is 1.31.